The minimum Gasteiger partial charge on any atom is -0.135 e. The Bertz CT molecular complexity index is 662. The third kappa shape index (κ3) is 1.35. The molecule has 2 aromatic carbocycles. The van der Waals surface area contributed by atoms with Gasteiger partial charge in [-0.05, 0) is 31.0 Å². The van der Waals surface area contributed by atoms with Crippen molar-refractivity contribution in [3.8, 4) is 0 Å². The molecule has 0 aliphatic carbocycles. The van der Waals surface area contributed by atoms with Gasteiger partial charge >= 0.3 is 0 Å². The Balaban J connectivity index is 2.50. The van der Waals surface area contributed by atoms with Crippen LogP contribution < -0.4 is 0 Å². The highest BCUT2D eigenvalue weighted by molar-refractivity contribution is 7.26. The van der Waals surface area contributed by atoms with Crippen LogP contribution in [0, 0.1) is 6.92 Å². The molecule has 0 bridgehead atoms. The number of rotatable bonds is 1. The van der Waals surface area contributed by atoms with Crippen molar-refractivity contribution in [1.82, 2.24) is 0 Å². The van der Waals surface area contributed by atoms with Crippen molar-refractivity contribution in [1.29, 1.82) is 0 Å². The Morgan fingerprint density at radius 1 is 1.06 bits per heavy atom. The lowest BCUT2D eigenvalue weighted by molar-refractivity contribution is 1.16. The molecule has 3 rings (SSSR count). The van der Waals surface area contributed by atoms with E-state index in [4.69, 9.17) is 0 Å². The van der Waals surface area contributed by atoms with Crippen LogP contribution in [0.4, 0.5) is 0 Å². The minimum atomic E-state index is 1.11. The standard InChI is InChI=1S/C15H14S/c1-3-11-5-4-6-12-13-9-10(2)7-8-14(13)16-15(11)12/h4-9H,3H2,1-2H3. The number of benzene rings is 2. The predicted molar refractivity (Wildman–Crippen MR) is 73.4 cm³/mol. The Hall–Kier alpha value is -1.34. The van der Waals surface area contributed by atoms with Crippen LogP contribution in [-0.2, 0) is 6.42 Å². The van der Waals surface area contributed by atoms with Crippen molar-refractivity contribution >= 4 is 31.5 Å². The van der Waals surface area contributed by atoms with Gasteiger partial charge in [-0.2, -0.15) is 0 Å². The number of aryl methyl sites for hydroxylation is 2. The first-order valence-corrected chi connectivity index (χ1v) is 6.52. The van der Waals surface area contributed by atoms with Crippen molar-refractivity contribution in [2.45, 2.75) is 20.3 Å². The van der Waals surface area contributed by atoms with E-state index in [1.807, 2.05) is 11.3 Å². The summed E-state index contributed by atoms with van der Waals surface area (Å²) in [5.74, 6) is 0. The van der Waals surface area contributed by atoms with E-state index in [2.05, 4.69) is 50.2 Å². The lowest BCUT2D eigenvalue weighted by Crippen LogP contribution is -1.78. The van der Waals surface area contributed by atoms with E-state index in [-0.39, 0.29) is 0 Å². The van der Waals surface area contributed by atoms with Gasteiger partial charge in [0.2, 0.25) is 0 Å². The van der Waals surface area contributed by atoms with Crippen LogP contribution in [0.15, 0.2) is 36.4 Å². The van der Waals surface area contributed by atoms with Crippen LogP contribution in [0.5, 0.6) is 0 Å². The summed E-state index contributed by atoms with van der Waals surface area (Å²) in [5.41, 5.74) is 2.81. The summed E-state index contributed by atoms with van der Waals surface area (Å²) in [7, 11) is 0. The fourth-order valence-electron chi connectivity index (χ4n) is 2.25. The van der Waals surface area contributed by atoms with E-state index in [1.165, 1.54) is 31.3 Å². The Labute approximate surface area is 99.5 Å². The van der Waals surface area contributed by atoms with Crippen LogP contribution in [0.1, 0.15) is 18.1 Å². The van der Waals surface area contributed by atoms with Crippen LogP contribution in [-0.4, -0.2) is 0 Å². The summed E-state index contributed by atoms with van der Waals surface area (Å²) < 4.78 is 2.87. The molecule has 80 valence electrons. The van der Waals surface area contributed by atoms with Gasteiger partial charge in [0.25, 0.3) is 0 Å². The molecule has 0 aliphatic heterocycles. The molecule has 0 nitrogen and oxygen atoms in total. The minimum absolute atomic E-state index is 1.11. The van der Waals surface area contributed by atoms with E-state index in [0.717, 1.165) is 6.42 Å². The second-order valence-corrected chi connectivity index (χ2v) is 5.30. The van der Waals surface area contributed by atoms with E-state index in [9.17, 15) is 0 Å². The fourth-order valence-corrected chi connectivity index (χ4v) is 3.52. The molecule has 0 amide bonds. The third-order valence-electron chi connectivity index (χ3n) is 3.11. The highest BCUT2D eigenvalue weighted by Gasteiger charge is 2.07. The zero-order valence-corrected chi connectivity index (χ0v) is 10.4. The number of hydrogen-bond acceptors (Lipinski definition) is 1. The van der Waals surface area contributed by atoms with Gasteiger partial charge in [-0.25, -0.2) is 0 Å². The lowest BCUT2D eigenvalue weighted by Gasteiger charge is -1.97. The molecule has 0 N–H and O–H groups in total. The predicted octanol–water partition coefficient (Wildman–Crippen LogP) is 4.93. The molecule has 0 atom stereocenters. The summed E-state index contributed by atoms with van der Waals surface area (Å²) in [6, 6.07) is 13.4. The van der Waals surface area contributed by atoms with Crippen molar-refractivity contribution in [3.05, 3.63) is 47.5 Å². The molecule has 3 aromatic rings. The lowest BCUT2D eigenvalue weighted by atomic mass is 10.1. The van der Waals surface area contributed by atoms with Gasteiger partial charge in [0.1, 0.15) is 0 Å². The normalized spacial score (nSPS) is 11.4. The first-order chi connectivity index (χ1) is 7.79. The van der Waals surface area contributed by atoms with Crippen LogP contribution >= 0.6 is 11.3 Å². The molecule has 1 heteroatoms. The molecule has 0 aliphatic rings. The zero-order valence-electron chi connectivity index (χ0n) is 9.58. The van der Waals surface area contributed by atoms with Crippen LogP contribution in [0.25, 0.3) is 20.2 Å². The maximum absolute atomic E-state index is 2.30. The maximum atomic E-state index is 2.30. The van der Waals surface area contributed by atoms with Gasteiger partial charge in [0, 0.05) is 20.2 Å². The van der Waals surface area contributed by atoms with Gasteiger partial charge in [-0.3, -0.25) is 0 Å². The van der Waals surface area contributed by atoms with E-state index < -0.39 is 0 Å². The largest absolute Gasteiger partial charge is 0.135 e. The van der Waals surface area contributed by atoms with E-state index in [0.29, 0.717) is 0 Å². The highest BCUT2D eigenvalue weighted by Crippen LogP contribution is 2.36. The number of thiophene rings is 1. The summed E-state index contributed by atoms with van der Waals surface area (Å²) >= 11 is 1.92. The third-order valence-corrected chi connectivity index (χ3v) is 4.38. The molecule has 0 radical (unpaired) electrons. The molecule has 0 spiro atoms. The summed E-state index contributed by atoms with van der Waals surface area (Å²) in [5, 5.41) is 2.83. The number of fused-ring (bicyclic) bond motifs is 3. The summed E-state index contributed by atoms with van der Waals surface area (Å²) in [6.07, 6.45) is 1.11. The molecule has 0 saturated heterocycles. The second-order valence-electron chi connectivity index (χ2n) is 4.25. The molecule has 16 heavy (non-hydrogen) atoms. The first-order valence-electron chi connectivity index (χ1n) is 5.70. The molecular formula is C15H14S. The van der Waals surface area contributed by atoms with Gasteiger partial charge in [0.15, 0.2) is 0 Å². The SMILES string of the molecule is CCc1cccc2c1sc1ccc(C)cc12. The Morgan fingerprint density at radius 3 is 2.75 bits per heavy atom. The van der Waals surface area contributed by atoms with Crippen LogP contribution in [0.3, 0.4) is 0 Å². The second kappa shape index (κ2) is 3.60. The average molecular weight is 226 g/mol. The van der Waals surface area contributed by atoms with Crippen molar-refractivity contribution in [3.63, 3.8) is 0 Å². The quantitative estimate of drug-likeness (QED) is 0.552. The summed E-state index contributed by atoms with van der Waals surface area (Å²) in [4.78, 5) is 0. The van der Waals surface area contributed by atoms with Crippen LogP contribution in [0.2, 0.25) is 0 Å². The maximum Gasteiger partial charge on any atom is 0.0387 e. The molecule has 1 heterocycles. The first kappa shape index (κ1) is 9.86. The van der Waals surface area contributed by atoms with Gasteiger partial charge in [0.05, 0.1) is 0 Å². The Morgan fingerprint density at radius 2 is 1.94 bits per heavy atom. The molecule has 0 fully saturated rings. The van der Waals surface area contributed by atoms with Crippen molar-refractivity contribution < 1.29 is 0 Å². The van der Waals surface area contributed by atoms with Crippen molar-refractivity contribution in [2.24, 2.45) is 0 Å². The summed E-state index contributed by atoms with van der Waals surface area (Å²) in [6.45, 7) is 4.39. The van der Waals surface area contributed by atoms with Gasteiger partial charge < -0.3 is 0 Å². The smallest absolute Gasteiger partial charge is 0.0387 e. The molecular weight excluding hydrogens is 212 g/mol. The van der Waals surface area contributed by atoms with Gasteiger partial charge in [-0.1, -0.05) is 36.8 Å². The topological polar surface area (TPSA) is 0 Å². The number of hydrogen-bond donors (Lipinski definition) is 0. The molecule has 1 aromatic heterocycles. The monoisotopic (exact) mass is 226 g/mol. The van der Waals surface area contributed by atoms with Gasteiger partial charge in [-0.15, -0.1) is 11.3 Å². The molecule has 0 saturated carbocycles. The highest BCUT2D eigenvalue weighted by atomic mass is 32.1. The Kier molecular flexibility index (Phi) is 2.22. The average Bonchev–Trinajstić information content (AvgIpc) is 2.67. The van der Waals surface area contributed by atoms with Crippen molar-refractivity contribution in [2.75, 3.05) is 0 Å². The van der Waals surface area contributed by atoms with E-state index in [1.54, 1.807) is 0 Å². The molecule has 0 unspecified atom stereocenters. The zero-order chi connectivity index (χ0) is 11.1. The fraction of sp³-hybridized carbons (Fsp3) is 0.200. The van der Waals surface area contributed by atoms with E-state index >= 15 is 0 Å².